The fraction of sp³-hybridized carbons (Fsp3) is 0.179. The van der Waals surface area contributed by atoms with E-state index in [1.807, 2.05) is 12.3 Å². The van der Waals surface area contributed by atoms with Crippen LogP contribution in [0.4, 0.5) is 0 Å². The Balaban J connectivity index is 1.69. The molecule has 5 rings (SSSR count). The smallest absolute Gasteiger partial charge is 0.0416 e. The zero-order chi connectivity index (χ0) is 20.2. The second-order valence-corrected chi connectivity index (χ2v) is 10.8. The quantitative estimate of drug-likeness (QED) is 0.329. The maximum atomic E-state index is 4.75. The van der Waals surface area contributed by atoms with Crippen molar-refractivity contribution in [3.63, 3.8) is 0 Å². The Bertz CT molecular complexity index is 1070. The molecule has 0 aliphatic carbocycles. The van der Waals surface area contributed by atoms with Gasteiger partial charge in [0.15, 0.2) is 0 Å². The highest BCUT2D eigenvalue weighted by Crippen LogP contribution is 2.73. The summed E-state index contributed by atoms with van der Waals surface area (Å²) in [6.07, 6.45) is 5.32. The number of pyridine rings is 1. The van der Waals surface area contributed by atoms with Gasteiger partial charge >= 0.3 is 0 Å². The molecule has 148 valence electrons. The largest absolute Gasteiger partial charge is 0.261 e. The van der Waals surface area contributed by atoms with E-state index < -0.39 is 7.92 Å². The van der Waals surface area contributed by atoms with Crippen molar-refractivity contribution in [2.45, 2.75) is 30.1 Å². The van der Waals surface area contributed by atoms with Crippen molar-refractivity contribution in [3.05, 3.63) is 132 Å². The minimum atomic E-state index is -0.468. The van der Waals surface area contributed by atoms with Crippen LogP contribution in [0.15, 0.2) is 115 Å². The van der Waals surface area contributed by atoms with E-state index in [9.17, 15) is 0 Å². The Kier molecular flexibility index (Phi) is 5.47. The average molecular weight is 407 g/mol. The first-order valence-electron chi connectivity index (χ1n) is 10.7. The third-order valence-corrected chi connectivity index (χ3v) is 9.93. The van der Waals surface area contributed by atoms with Crippen molar-refractivity contribution in [2.75, 3.05) is 0 Å². The van der Waals surface area contributed by atoms with E-state index in [4.69, 9.17) is 4.98 Å². The van der Waals surface area contributed by atoms with E-state index in [0.717, 1.165) is 6.42 Å². The first-order valence-corrected chi connectivity index (χ1v) is 12.1. The molecule has 0 radical (unpaired) electrons. The molecule has 0 spiro atoms. The van der Waals surface area contributed by atoms with Crippen molar-refractivity contribution >= 4 is 13.2 Å². The number of rotatable bonds is 5. The fourth-order valence-corrected chi connectivity index (χ4v) is 8.97. The number of nitrogens with zero attached hydrogens (tertiary/aromatic N) is 1. The minimum absolute atomic E-state index is 0.0901. The molecular weight excluding hydrogens is 381 g/mol. The van der Waals surface area contributed by atoms with Gasteiger partial charge in [-0.05, 0) is 41.4 Å². The first-order chi connectivity index (χ1) is 14.9. The molecule has 1 nitrogen and oxygen atoms in total. The molecule has 1 aromatic heterocycles. The maximum Gasteiger partial charge on any atom is 0.0416 e. The van der Waals surface area contributed by atoms with Crippen LogP contribution in [0.1, 0.15) is 35.3 Å². The highest BCUT2D eigenvalue weighted by molar-refractivity contribution is 7.67. The van der Waals surface area contributed by atoms with Crippen LogP contribution in [-0.2, 0) is 11.6 Å². The molecule has 1 saturated heterocycles. The van der Waals surface area contributed by atoms with Gasteiger partial charge in [-0.1, -0.05) is 105 Å². The molecule has 30 heavy (non-hydrogen) atoms. The Morgan fingerprint density at radius 3 is 2.03 bits per heavy atom. The van der Waals surface area contributed by atoms with Crippen LogP contribution in [0.3, 0.4) is 0 Å². The predicted octanol–water partition coefficient (Wildman–Crippen LogP) is 6.86. The first kappa shape index (κ1) is 19.2. The van der Waals surface area contributed by atoms with Crippen LogP contribution in [0.25, 0.3) is 0 Å². The summed E-state index contributed by atoms with van der Waals surface area (Å²) in [7, 11) is -0.468. The van der Waals surface area contributed by atoms with Crippen molar-refractivity contribution in [1.82, 2.24) is 4.98 Å². The Morgan fingerprint density at radius 1 is 0.733 bits per heavy atom. The summed E-state index contributed by atoms with van der Waals surface area (Å²) in [6.45, 7) is 0. The van der Waals surface area contributed by atoms with E-state index in [0.29, 0.717) is 5.66 Å². The third kappa shape index (κ3) is 3.59. The molecule has 0 N–H and O–H groups in total. The molecule has 4 aromatic rings. The summed E-state index contributed by atoms with van der Waals surface area (Å²) in [5, 5.41) is 1.59. The Hall–Kier alpha value is -2.76. The lowest BCUT2D eigenvalue weighted by molar-refractivity contribution is 0.563. The molecule has 0 unspecified atom stereocenters. The van der Waals surface area contributed by atoms with E-state index in [1.54, 1.807) is 0 Å². The molecule has 1 fully saturated rings. The normalized spacial score (nSPS) is 23.3. The third-order valence-electron chi connectivity index (χ3n) is 6.33. The van der Waals surface area contributed by atoms with Crippen LogP contribution in [0.5, 0.6) is 0 Å². The van der Waals surface area contributed by atoms with Crippen molar-refractivity contribution < 1.29 is 0 Å². The Morgan fingerprint density at radius 2 is 1.37 bits per heavy atom. The van der Waals surface area contributed by atoms with Gasteiger partial charge in [-0.3, -0.25) is 4.98 Å². The summed E-state index contributed by atoms with van der Waals surface area (Å²) in [5.41, 5.74) is 4.70. The molecule has 0 amide bonds. The van der Waals surface area contributed by atoms with Gasteiger partial charge in [0.2, 0.25) is 0 Å². The highest BCUT2D eigenvalue weighted by atomic mass is 31.1. The van der Waals surface area contributed by atoms with E-state index in [1.165, 1.54) is 35.0 Å². The summed E-state index contributed by atoms with van der Waals surface area (Å²) < 4.78 is 0. The number of benzene rings is 3. The standard InChI is InChI=1S/C28H26NP/c1-4-12-23(13-5-1)27-19-20-28(24-14-6-2-7-15-24,22-25-16-10-11-21-29-25)30(27)26-17-8-3-9-18-26/h1-18,21,27H,19-20,22H2/t27-,28-,30+/m0/s1. The number of hydrogen-bond acceptors (Lipinski definition) is 1. The van der Waals surface area contributed by atoms with E-state index >= 15 is 0 Å². The van der Waals surface area contributed by atoms with Gasteiger partial charge in [0.05, 0.1) is 0 Å². The molecule has 1 aliphatic rings. The molecule has 0 saturated carbocycles. The number of aromatic nitrogens is 1. The SMILES string of the molecule is c1ccc([C@@H]2CC[C@](Cc3ccccn3)(c3ccccc3)[P@]2c2ccccc2)cc1. The summed E-state index contributed by atoms with van der Waals surface area (Å²) >= 11 is 0. The molecule has 1 aliphatic heterocycles. The van der Waals surface area contributed by atoms with Gasteiger partial charge in [-0.2, -0.15) is 0 Å². The molecule has 0 bridgehead atoms. The lowest BCUT2D eigenvalue weighted by Crippen LogP contribution is -2.28. The summed E-state index contributed by atoms with van der Waals surface area (Å²) in [4.78, 5) is 4.75. The minimum Gasteiger partial charge on any atom is -0.261 e. The molecule has 2 heteroatoms. The van der Waals surface area contributed by atoms with Crippen molar-refractivity contribution in [1.29, 1.82) is 0 Å². The van der Waals surface area contributed by atoms with Crippen molar-refractivity contribution in [2.24, 2.45) is 0 Å². The summed E-state index contributed by atoms with van der Waals surface area (Å²) in [5.74, 6) is 0. The molecule has 3 atom stereocenters. The van der Waals surface area contributed by atoms with Crippen LogP contribution in [0, 0.1) is 0 Å². The van der Waals surface area contributed by atoms with Crippen LogP contribution in [-0.4, -0.2) is 4.98 Å². The average Bonchev–Trinajstić information content (AvgIpc) is 3.21. The van der Waals surface area contributed by atoms with Crippen LogP contribution >= 0.6 is 7.92 Å². The highest BCUT2D eigenvalue weighted by Gasteiger charge is 2.50. The zero-order valence-corrected chi connectivity index (χ0v) is 18.0. The molecule has 2 heterocycles. The summed E-state index contributed by atoms with van der Waals surface area (Å²) in [6, 6.07) is 39.9. The zero-order valence-electron chi connectivity index (χ0n) is 17.1. The van der Waals surface area contributed by atoms with Gasteiger partial charge in [-0.15, -0.1) is 0 Å². The van der Waals surface area contributed by atoms with Crippen LogP contribution < -0.4 is 5.30 Å². The van der Waals surface area contributed by atoms with E-state index in [-0.39, 0.29) is 5.16 Å². The molecule has 3 aromatic carbocycles. The van der Waals surface area contributed by atoms with Gasteiger partial charge in [-0.25, -0.2) is 0 Å². The Labute approximate surface area is 180 Å². The maximum absolute atomic E-state index is 4.75. The van der Waals surface area contributed by atoms with Gasteiger partial charge in [0.25, 0.3) is 0 Å². The van der Waals surface area contributed by atoms with Gasteiger partial charge in [0, 0.05) is 29.1 Å². The van der Waals surface area contributed by atoms with E-state index in [2.05, 4.69) is 103 Å². The second kappa shape index (κ2) is 8.54. The van der Waals surface area contributed by atoms with Gasteiger partial charge in [0.1, 0.15) is 0 Å². The number of hydrogen-bond donors (Lipinski definition) is 0. The fourth-order valence-electron chi connectivity index (χ4n) is 5.04. The molecular formula is C28H26NP. The second-order valence-electron chi connectivity index (χ2n) is 8.07. The van der Waals surface area contributed by atoms with Gasteiger partial charge < -0.3 is 0 Å². The lowest BCUT2D eigenvalue weighted by atomic mass is 9.88. The topological polar surface area (TPSA) is 12.9 Å². The monoisotopic (exact) mass is 407 g/mol. The van der Waals surface area contributed by atoms with Crippen molar-refractivity contribution in [3.8, 4) is 0 Å². The lowest BCUT2D eigenvalue weighted by Gasteiger charge is -2.39. The van der Waals surface area contributed by atoms with Crippen LogP contribution in [0.2, 0.25) is 0 Å². The predicted molar refractivity (Wildman–Crippen MR) is 127 cm³/mol.